The van der Waals surface area contributed by atoms with Crippen molar-refractivity contribution in [1.29, 1.82) is 5.26 Å². The van der Waals surface area contributed by atoms with Crippen LogP contribution >= 0.6 is 0 Å². The molecule has 8 heteroatoms. The zero-order valence-electron chi connectivity index (χ0n) is 21.4. The number of aryl methyl sites for hydroxylation is 1. The van der Waals surface area contributed by atoms with Crippen LogP contribution in [0.3, 0.4) is 0 Å². The highest BCUT2D eigenvalue weighted by atomic mass is 16.5. The van der Waals surface area contributed by atoms with Gasteiger partial charge in [-0.1, -0.05) is 30.3 Å². The fourth-order valence-electron chi connectivity index (χ4n) is 5.08. The van der Waals surface area contributed by atoms with Gasteiger partial charge in [0.15, 0.2) is 5.82 Å². The average molecular weight is 507 g/mol. The molecule has 2 fully saturated rings. The number of hydrogen-bond donors (Lipinski definition) is 1. The first-order valence-corrected chi connectivity index (χ1v) is 13.1. The minimum absolute atomic E-state index is 0.0368. The Morgan fingerprint density at radius 3 is 2.84 bits per heavy atom. The molecule has 1 atom stereocenters. The van der Waals surface area contributed by atoms with E-state index in [1.807, 2.05) is 55.6 Å². The van der Waals surface area contributed by atoms with E-state index in [4.69, 9.17) is 4.74 Å². The van der Waals surface area contributed by atoms with E-state index in [2.05, 4.69) is 38.5 Å². The van der Waals surface area contributed by atoms with Crippen LogP contribution in [0.1, 0.15) is 30.5 Å². The third kappa shape index (κ3) is 5.11. The van der Waals surface area contributed by atoms with Gasteiger partial charge < -0.3 is 10.1 Å². The number of likely N-dealkylation sites (tertiary alicyclic amines) is 1. The van der Waals surface area contributed by atoms with Gasteiger partial charge in [-0.15, -0.1) is 0 Å². The maximum Gasteiger partial charge on any atom is 0.228 e. The zero-order chi connectivity index (χ0) is 26.1. The highest BCUT2D eigenvalue weighted by Gasteiger charge is 2.39. The largest absolute Gasteiger partial charge is 0.490 e. The van der Waals surface area contributed by atoms with E-state index in [-0.39, 0.29) is 11.8 Å². The summed E-state index contributed by atoms with van der Waals surface area (Å²) in [5.74, 6) is 1.36. The second kappa shape index (κ2) is 9.92. The number of pyridine rings is 2. The Morgan fingerprint density at radius 1 is 1.21 bits per heavy atom. The molecule has 1 amide bonds. The van der Waals surface area contributed by atoms with Gasteiger partial charge in [0, 0.05) is 49.1 Å². The average Bonchev–Trinajstić information content (AvgIpc) is 3.60. The zero-order valence-corrected chi connectivity index (χ0v) is 21.4. The summed E-state index contributed by atoms with van der Waals surface area (Å²) in [6.45, 7) is 4.62. The molecule has 2 aliphatic rings. The predicted octanol–water partition coefficient (Wildman–Crippen LogP) is 4.85. The van der Waals surface area contributed by atoms with Gasteiger partial charge in [-0.05, 0) is 55.5 Å². The molecule has 4 aromatic rings. The number of rotatable bonds is 8. The molecule has 192 valence electrons. The summed E-state index contributed by atoms with van der Waals surface area (Å²) in [5, 5.41) is 17.5. The monoisotopic (exact) mass is 506 g/mol. The van der Waals surface area contributed by atoms with Gasteiger partial charge in [0.25, 0.3) is 0 Å². The van der Waals surface area contributed by atoms with Crippen molar-refractivity contribution in [3.05, 3.63) is 78.2 Å². The van der Waals surface area contributed by atoms with Crippen molar-refractivity contribution in [3.63, 3.8) is 0 Å². The molecule has 1 saturated heterocycles. The minimum atomic E-state index is -0.568. The summed E-state index contributed by atoms with van der Waals surface area (Å²) >= 11 is 0. The van der Waals surface area contributed by atoms with Gasteiger partial charge in [0.2, 0.25) is 5.91 Å². The van der Waals surface area contributed by atoms with Gasteiger partial charge in [0.05, 0.1) is 17.8 Å². The summed E-state index contributed by atoms with van der Waals surface area (Å²) in [7, 11) is 0. The molecule has 4 heterocycles. The third-order valence-electron chi connectivity index (χ3n) is 7.40. The fraction of sp³-hybridized carbons (Fsp3) is 0.333. The van der Waals surface area contributed by atoms with Crippen LogP contribution in [-0.4, -0.2) is 45.1 Å². The number of amides is 1. The highest BCUT2D eigenvalue weighted by molar-refractivity contribution is 5.93. The molecule has 1 unspecified atom stereocenters. The number of fused-ring (bicyclic) bond motifs is 1. The number of nitrogens with one attached hydrogen (secondary N) is 1. The van der Waals surface area contributed by atoms with Gasteiger partial charge in [-0.25, -0.2) is 4.52 Å². The summed E-state index contributed by atoms with van der Waals surface area (Å²) < 4.78 is 8.09. The Bertz CT molecular complexity index is 1520. The molecule has 0 bridgehead atoms. The Labute approximate surface area is 221 Å². The van der Waals surface area contributed by atoms with Crippen LogP contribution in [0.5, 0.6) is 5.75 Å². The highest BCUT2D eigenvalue weighted by Crippen LogP contribution is 2.36. The number of benzene rings is 1. The van der Waals surface area contributed by atoms with E-state index in [0.717, 1.165) is 54.7 Å². The summed E-state index contributed by atoms with van der Waals surface area (Å²) in [6.07, 6.45) is 6.29. The van der Waals surface area contributed by atoms with Crippen LogP contribution in [0.25, 0.3) is 16.6 Å². The molecule has 1 saturated carbocycles. The number of carbonyl (C=O) groups excluding carboxylic acids is 1. The van der Waals surface area contributed by atoms with Crippen molar-refractivity contribution in [2.45, 2.75) is 32.7 Å². The molecule has 1 aliphatic carbocycles. The molecule has 38 heavy (non-hydrogen) atoms. The number of anilines is 1. The van der Waals surface area contributed by atoms with Gasteiger partial charge in [-0.2, -0.15) is 10.4 Å². The quantitative estimate of drug-likeness (QED) is 0.367. The lowest BCUT2D eigenvalue weighted by atomic mass is 9.90. The molecule has 6 rings (SSSR count). The summed E-state index contributed by atoms with van der Waals surface area (Å²) in [4.78, 5) is 18.9. The van der Waals surface area contributed by atoms with E-state index in [1.54, 1.807) is 10.7 Å². The Balaban J connectivity index is 1.19. The predicted molar refractivity (Wildman–Crippen MR) is 144 cm³/mol. The Morgan fingerprint density at radius 2 is 2.05 bits per heavy atom. The normalized spacial score (nSPS) is 19.4. The standard InChI is InChI=1S/C30H30N6O2/c1-21-13-26(24-9-11-36-25(14-24)15-28(34-36)33-29(37)23-7-8-23)27(16-32-21)38-20-30(18-31)10-12-35(19-30)17-22-5-3-2-4-6-22/h2-6,9,11,13-16,23H,7-8,10,12,17,19-20H2,1H3,(H,33,34,37). The number of ether oxygens (including phenoxy) is 1. The van der Waals surface area contributed by atoms with Crippen LogP contribution in [0, 0.1) is 29.6 Å². The van der Waals surface area contributed by atoms with Crippen LogP contribution in [-0.2, 0) is 11.3 Å². The van der Waals surface area contributed by atoms with Crippen molar-refractivity contribution >= 4 is 17.2 Å². The van der Waals surface area contributed by atoms with Crippen LogP contribution in [0.4, 0.5) is 5.82 Å². The topological polar surface area (TPSA) is 95.5 Å². The number of nitrogens with zero attached hydrogens (tertiary/aromatic N) is 5. The van der Waals surface area contributed by atoms with Crippen LogP contribution in [0.15, 0.2) is 67.0 Å². The first-order chi connectivity index (χ1) is 18.5. The second-order valence-electron chi connectivity index (χ2n) is 10.5. The molecule has 1 aromatic carbocycles. The molecule has 0 spiro atoms. The van der Waals surface area contributed by atoms with E-state index in [1.165, 1.54) is 5.56 Å². The third-order valence-corrected chi connectivity index (χ3v) is 7.40. The molecule has 0 radical (unpaired) electrons. The number of carbonyl (C=O) groups is 1. The first-order valence-electron chi connectivity index (χ1n) is 13.1. The van der Waals surface area contributed by atoms with Gasteiger partial charge >= 0.3 is 0 Å². The molecule has 8 nitrogen and oxygen atoms in total. The fourth-order valence-corrected chi connectivity index (χ4v) is 5.08. The Kier molecular flexibility index (Phi) is 6.30. The molecule has 1 N–H and O–H groups in total. The molecule has 3 aromatic heterocycles. The summed E-state index contributed by atoms with van der Waals surface area (Å²) in [5.41, 5.74) is 4.30. The van der Waals surface area contributed by atoms with Crippen LogP contribution in [0.2, 0.25) is 0 Å². The summed E-state index contributed by atoms with van der Waals surface area (Å²) in [6, 6.07) is 20.8. The van der Waals surface area contributed by atoms with E-state index < -0.39 is 5.41 Å². The number of nitriles is 1. The Hall–Kier alpha value is -4.22. The van der Waals surface area contributed by atoms with Crippen molar-refractivity contribution < 1.29 is 9.53 Å². The lowest BCUT2D eigenvalue weighted by Crippen LogP contribution is -2.31. The van der Waals surface area contributed by atoms with E-state index >= 15 is 0 Å². The molecular formula is C30H30N6O2. The van der Waals surface area contributed by atoms with Gasteiger partial charge in [0.1, 0.15) is 17.8 Å². The smallest absolute Gasteiger partial charge is 0.228 e. The first kappa shape index (κ1) is 24.1. The van der Waals surface area contributed by atoms with Crippen molar-refractivity contribution in [2.24, 2.45) is 11.3 Å². The lowest BCUT2D eigenvalue weighted by Gasteiger charge is -2.23. The lowest BCUT2D eigenvalue weighted by molar-refractivity contribution is -0.117. The maximum absolute atomic E-state index is 12.2. The van der Waals surface area contributed by atoms with Crippen LogP contribution < -0.4 is 10.1 Å². The van der Waals surface area contributed by atoms with E-state index in [9.17, 15) is 10.1 Å². The number of hydrogen-bond acceptors (Lipinski definition) is 6. The maximum atomic E-state index is 12.2. The number of aromatic nitrogens is 3. The van der Waals surface area contributed by atoms with Gasteiger partial charge in [-0.3, -0.25) is 14.7 Å². The molecular weight excluding hydrogens is 476 g/mol. The van der Waals surface area contributed by atoms with Crippen molar-refractivity contribution in [2.75, 3.05) is 25.0 Å². The SMILES string of the molecule is Cc1cc(-c2ccn3nc(NC(=O)C4CC4)cc3c2)c(OCC2(C#N)CCN(Cc3ccccc3)C2)cn1. The second-order valence-corrected chi connectivity index (χ2v) is 10.5. The van der Waals surface area contributed by atoms with Crippen molar-refractivity contribution in [3.8, 4) is 22.9 Å². The minimum Gasteiger partial charge on any atom is -0.490 e. The van der Waals surface area contributed by atoms with E-state index in [0.29, 0.717) is 24.7 Å². The van der Waals surface area contributed by atoms with Crippen molar-refractivity contribution in [1.82, 2.24) is 19.5 Å². The molecule has 1 aliphatic heterocycles.